The molecule has 1 unspecified atom stereocenters. The summed E-state index contributed by atoms with van der Waals surface area (Å²) in [5.74, 6) is 0.470. The number of aliphatic hydroxyl groups excluding tert-OH is 1. The van der Waals surface area contributed by atoms with Crippen LogP contribution in [0.1, 0.15) is 35.3 Å². The van der Waals surface area contributed by atoms with Gasteiger partial charge in [-0.2, -0.15) is 0 Å². The molecule has 2 N–H and O–H groups in total. The third-order valence-corrected chi connectivity index (χ3v) is 4.51. The van der Waals surface area contributed by atoms with Gasteiger partial charge in [0.2, 0.25) is 0 Å². The Morgan fingerprint density at radius 1 is 1.19 bits per heavy atom. The Hall–Kier alpha value is -2.07. The van der Waals surface area contributed by atoms with Crippen LogP contribution in [0.15, 0.2) is 18.2 Å². The Bertz CT molecular complexity index is 774. The van der Waals surface area contributed by atoms with E-state index in [1.54, 1.807) is 26.2 Å². The average molecular weight is 286 g/mol. The highest BCUT2D eigenvalue weighted by Crippen LogP contribution is 2.46. The van der Waals surface area contributed by atoms with Gasteiger partial charge < -0.3 is 14.9 Å². The van der Waals surface area contributed by atoms with Gasteiger partial charge in [-0.15, -0.1) is 0 Å². The Morgan fingerprint density at radius 3 is 2.48 bits per heavy atom. The summed E-state index contributed by atoms with van der Waals surface area (Å²) < 4.78 is 5.44. The highest BCUT2D eigenvalue weighted by Gasteiger charge is 2.46. The molecule has 1 aliphatic carbocycles. The number of ketones is 1. The van der Waals surface area contributed by atoms with Crippen molar-refractivity contribution >= 4 is 16.6 Å². The van der Waals surface area contributed by atoms with Crippen LogP contribution in [-0.4, -0.2) is 29.2 Å². The number of phenols is 1. The van der Waals surface area contributed by atoms with E-state index in [0.29, 0.717) is 22.3 Å². The summed E-state index contributed by atoms with van der Waals surface area (Å²) in [5.41, 5.74) is 1.28. The van der Waals surface area contributed by atoms with Gasteiger partial charge in [0, 0.05) is 21.8 Å². The molecule has 0 aromatic heterocycles. The number of rotatable bonds is 1. The molecule has 110 valence electrons. The van der Waals surface area contributed by atoms with Crippen molar-refractivity contribution < 1.29 is 19.7 Å². The van der Waals surface area contributed by atoms with Gasteiger partial charge in [0.05, 0.1) is 7.11 Å². The van der Waals surface area contributed by atoms with E-state index in [4.69, 9.17) is 4.74 Å². The fourth-order valence-corrected chi connectivity index (χ4v) is 3.09. The summed E-state index contributed by atoms with van der Waals surface area (Å²) in [6.45, 7) is 5.46. The van der Waals surface area contributed by atoms with Gasteiger partial charge in [0.1, 0.15) is 17.6 Å². The van der Waals surface area contributed by atoms with E-state index in [1.165, 1.54) is 0 Å². The van der Waals surface area contributed by atoms with E-state index in [9.17, 15) is 15.0 Å². The van der Waals surface area contributed by atoms with Crippen LogP contribution in [0.5, 0.6) is 11.5 Å². The summed E-state index contributed by atoms with van der Waals surface area (Å²) in [5, 5.41) is 21.6. The number of ether oxygens (including phenoxy) is 1. The number of methoxy groups -OCH3 is 1. The van der Waals surface area contributed by atoms with E-state index < -0.39 is 11.5 Å². The lowest BCUT2D eigenvalue weighted by molar-refractivity contribution is 0.0644. The standard InChI is InChI=1S/C17H18O4/c1-8-5-9-10(6-12(8)18)14-11(7-13(9)21-4)17(2,3)16(20)15(14)19/h5-7,16,18,20H,1-4H3. The number of hydrogen-bond donors (Lipinski definition) is 2. The van der Waals surface area contributed by atoms with Gasteiger partial charge in [0.15, 0.2) is 5.78 Å². The number of aromatic hydroxyl groups is 1. The van der Waals surface area contributed by atoms with E-state index in [0.717, 1.165) is 10.9 Å². The zero-order valence-electron chi connectivity index (χ0n) is 12.5. The van der Waals surface area contributed by atoms with Gasteiger partial charge in [-0.1, -0.05) is 13.8 Å². The van der Waals surface area contributed by atoms with Gasteiger partial charge >= 0.3 is 0 Å². The first-order chi connectivity index (χ1) is 9.78. The Kier molecular flexibility index (Phi) is 2.79. The molecule has 0 heterocycles. The normalized spacial score (nSPS) is 19.9. The smallest absolute Gasteiger partial charge is 0.193 e. The molecule has 0 spiro atoms. The van der Waals surface area contributed by atoms with Crippen molar-refractivity contribution in [3.05, 3.63) is 34.9 Å². The van der Waals surface area contributed by atoms with E-state index in [1.807, 2.05) is 19.9 Å². The number of carbonyl (C=O) groups is 1. The molecule has 0 bridgehead atoms. The quantitative estimate of drug-likeness (QED) is 0.846. The molecule has 21 heavy (non-hydrogen) atoms. The fraction of sp³-hybridized carbons (Fsp3) is 0.353. The average Bonchev–Trinajstić information content (AvgIpc) is 2.61. The molecule has 2 aromatic rings. The Balaban J connectivity index is 2.50. The van der Waals surface area contributed by atoms with E-state index in [-0.39, 0.29) is 11.5 Å². The molecule has 0 aliphatic heterocycles. The maximum absolute atomic E-state index is 12.4. The predicted molar refractivity (Wildman–Crippen MR) is 80.3 cm³/mol. The van der Waals surface area contributed by atoms with Crippen molar-refractivity contribution in [2.75, 3.05) is 7.11 Å². The maximum Gasteiger partial charge on any atom is 0.193 e. The third kappa shape index (κ3) is 1.69. The summed E-state index contributed by atoms with van der Waals surface area (Å²) in [7, 11) is 1.57. The first kappa shape index (κ1) is 13.9. The molecule has 4 nitrogen and oxygen atoms in total. The predicted octanol–water partition coefficient (Wildman–Crippen LogP) is 2.70. The zero-order chi connectivity index (χ0) is 15.5. The summed E-state index contributed by atoms with van der Waals surface area (Å²) >= 11 is 0. The van der Waals surface area contributed by atoms with Crippen LogP contribution in [0.3, 0.4) is 0 Å². The van der Waals surface area contributed by atoms with Crippen molar-refractivity contribution in [2.45, 2.75) is 32.3 Å². The topological polar surface area (TPSA) is 66.8 Å². The van der Waals surface area contributed by atoms with E-state index in [2.05, 4.69) is 0 Å². The minimum atomic E-state index is -1.08. The minimum Gasteiger partial charge on any atom is -0.508 e. The lowest BCUT2D eigenvalue weighted by Gasteiger charge is -2.23. The van der Waals surface area contributed by atoms with Crippen molar-refractivity contribution in [1.82, 2.24) is 0 Å². The SMILES string of the molecule is COc1cc2c(c3cc(O)c(C)cc13)C(=O)C(O)C2(C)C. The highest BCUT2D eigenvalue weighted by atomic mass is 16.5. The molecule has 1 aliphatic rings. The van der Waals surface area contributed by atoms with Gasteiger partial charge in [0.25, 0.3) is 0 Å². The first-order valence-electron chi connectivity index (χ1n) is 6.86. The highest BCUT2D eigenvalue weighted by molar-refractivity contribution is 6.16. The molecule has 0 amide bonds. The zero-order valence-corrected chi connectivity index (χ0v) is 12.5. The molecule has 4 heteroatoms. The summed E-state index contributed by atoms with van der Waals surface area (Å²) in [6, 6.07) is 5.20. The number of Topliss-reactive ketones (excluding diaryl/α,β-unsaturated/α-hetero) is 1. The molecule has 3 rings (SSSR count). The van der Waals surface area contributed by atoms with Gasteiger partial charge in [-0.3, -0.25) is 4.79 Å². The Morgan fingerprint density at radius 2 is 1.86 bits per heavy atom. The second-order valence-electron chi connectivity index (χ2n) is 6.17. The number of hydrogen-bond acceptors (Lipinski definition) is 4. The number of phenolic OH excluding ortho intramolecular Hbond substituents is 1. The second kappa shape index (κ2) is 4.21. The number of aliphatic hydroxyl groups is 1. The molecule has 0 radical (unpaired) electrons. The van der Waals surface area contributed by atoms with Crippen molar-refractivity contribution in [3.63, 3.8) is 0 Å². The monoisotopic (exact) mass is 286 g/mol. The lowest BCUT2D eigenvalue weighted by Crippen LogP contribution is -2.32. The summed E-state index contributed by atoms with van der Waals surface area (Å²) in [6.07, 6.45) is -1.08. The second-order valence-corrected chi connectivity index (χ2v) is 6.17. The third-order valence-electron chi connectivity index (χ3n) is 4.51. The van der Waals surface area contributed by atoms with E-state index >= 15 is 0 Å². The molecule has 1 atom stereocenters. The minimum absolute atomic E-state index is 0.130. The first-order valence-corrected chi connectivity index (χ1v) is 6.86. The molecule has 0 fully saturated rings. The number of benzene rings is 2. The summed E-state index contributed by atoms with van der Waals surface area (Å²) in [4.78, 5) is 12.4. The number of aryl methyl sites for hydroxylation is 1. The van der Waals surface area contributed by atoms with Crippen LogP contribution in [0.4, 0.5) is 0 Å². The van der Waals surface area contributed by atoms with Crippen molar-refractivity contribution in [2.24, 2.45) is 0 Å². The molecular formula is C17H18O4. The van der Waals surface area contributed by atoms with Crippen LogP contribution in [-0.2, 0) is 5.41 Å². The number of carbonyl (C=O) groups excluding carboxylic acids is 1. The molecule has 0 saturated carbocycles. The van der Waals surface area contributed by atoms with Crippen LogP contribution >= 0.6 is 0 Å². The largest absolute Gasteiger partial charge is 0.508 e. The molecule has 2 aromatic carbocycles. The molecule has 0 saturated heterocycles. The van der Waals surface area contributed by atoms with Crippen LogP contribution in [0.2, 0.25) is 0 Å². The fourth-order valence-electron chi connectivity index (χ4n) is 3.09. The van der Waals surface area contributed by atoms with Crippen LogP contribution < -0.4 is 4.74 Å². The maximum atomic E-state index is 12.4. The van der Waals surface area contributed by atoms with Gasteiger partial charge in [-0.05, 0) is 36.2 Å². The van der Waals surface area contributed by atoms with Crippen LogP contribution in [0, 0.1) is 6.92 Å². The van der Waals surface area contributed by atoms with Crippen LogP contribution in [0.25, 0.3) is 10.8 Å². The Labute approximate surface area is 123 Å². The van der Waals surface area contributed by atoms with Crippen molar-refractivity contribution in [1.29, 1.82) is 0 Å². The van der Waals surface area contributed by atoms with Gasteiger partial charge in [-0.25, -0.2) is 0 Å². The lowest BCUT2D eigenvalue weighted by atomic mass is 9.83. The van der Waals surface area contributed by atoms with Crippen molar-refractivity contribution in [3.8, 4) is 11.5 Å². The number of fused-ring (bicyclic) bond motifs is 3. The molecular weight excluding hydrogens is 268 g/mol.